The zero-order valence-corrected chi connectivity index (χ0v) is 34.3. The van der Waals surface area contributed by atoms with Gasteiger partial charge in [-0.3, -0.25) is 0 Å². The SMILES string of the molecule is c1ccc(-c2ccc(N(c3cccc(-c4ccccc4)c3-c3ccccc3-c3ccccc3)c3cccc4c3-c3ccccc3C4(c3ccccc3)c3ccccc3)cc2)cc1. The minimum absolute atomic E-state index is 0.540. The number of anilines is 3. The zero-order valence-electron chi connectivity index (χ0n) is 34.3. The van der Waals surface area contributed by atoms with Crippen LogP contribution in [0.1, 0.15) is 22.3 Å². The molecule has 0 atom stereocenters. The summed E-state index contributed by atoms with van der Waals surface area (Å²) < 4.78 is 0. The molecule has 1 nitrogen and oxygen atoms in total. The summed E-state index contributed by atoms with van der Waals surface area (Å²) in [5, 5.41) is 0. The van der Waals surface area contributed by atoms with Crippen molar-refractivity contribution in [1.29, 1.82) is 0 Å². The van der Waals surface area contributed by atoms with Gasteiger partial charge < -0.3 is 4.90 Å². The summed E-state index contributed by atoms with van der Waals surface area (Å²) >= 11 is 0. The third-order valence-electron chi connectivity index (χ3n) is 12.6. The molecule has 1 heteroatoms. The van der Waals surface area contributed by atoms with Gasteiger partial charge in [0.25, 0.3) is 0 Å². The molecule has 292 valence electrons. The molecular weight excluding hydrogens is 747 g/mol. The van der Waals surface area contributed by atoms with E-state index in [9.17, 15) is 0 Å². The van der Waals surface area contributed by atoms with Crippen molar-refractivity contribution in [2.75, 3.05) is 4.90 Å². The van der Waals surface area contributed by atoms with Gasteiger partial charge in [-0.25, -0.2) is 0 Å². The van der Waals surface area contributed by atoms with Crippen molar-refractivity contribution in [1.82, 2.24) is 0 Å². The lowest BCUT2D eigenvalue weighted by Gasteiger charge is -2.35. The molecule has 0 spiro atoms. The smallest absolute Gasteiger partial charge is 0.0714 e. The second-order valence-corrected chi connectivity index (χ2v) is 16.0. The molecule has 11 rings (SSSR count). The van der Waals surface area contributed by atoms with Crippen LogP contribution in [0.25, 0.3) is 55.6 Å². The van der Waals surface area contributed by atoms with Crippen molar-refractivity contribution in [3.05, 3.63) is 283 Å². The summed E-state index contributed by atoms with van der Waals surface area (Å²) in [5.74, 6) is 0. The number of benzene rings is 10. The highest BCUT2D eigenvalue weighted by atomic mass is 15.1. The van der Waals surface area contributed by atoms with Gasteiger partial charge in [0.2, 0.25) is 0 Å². The maximum atomic E-state index is 2.53. The molecule has 0 fully saturated rings. The molecule has 1 aliphatic rings. The van der Waals surface area contributed by atoms with Crippen LogP contribution in [0, 0.1) is 0 Å². The van der Waals surface area contributed by atoms with Gasteiger partial charge in [0.15, 0.2) is 0 Å². The van der Waals surface area contributed by atoms with Crippen LogP contribution in [0.4, 0.5) is 17.1 Å². The Morgan fingerprint density at radius 2 is 0.645 bits per heavy atom. The molecule has 10 aromatic rings. The monoisotopic (exact) mass is 789 g/mol. The topological polar surface area (TPSA) is 3.24 Å². The van der Waals surface area contributed by atoms with Gasteiger partial charge in [0.1, 0.15) is 0 Å². The largest absolute Gasteiger partial charge is 0.309 e. The van der Waals surface area contributed by atoms with Gasteiger partial charge in [-0.1, -0.05) is 237 Å². The normalized spacial score (nSPS) is 12.3. The molecule has 0 bridgehead atoms. The fourth-order valence-corrected chi connectivity index (χ4v) is 9.94. The third kappa shape index (κ3) is 6.17. The van der Waals surface area contributed by atoms with Crippen LogP contribution in [0.3, 0.4) is 0 Å². The van der Waals surface area contributed by atoms with E-state index in [0.29, 0.717) is 0 Å². The molecule has 10 aromatic carbocycles. The van der Waals surface area contributed by atoms with Crippen LogP contribution in [0.5, 0.6) is 0 Å². The van der Waals surface area contributed by atoms with Crippen molar-refractivity contribution >= 4 is 17.1 Å². The molecule has 0 N–H and O–H groups in total. The predicted octanol–water partition coefficient (Wildman–Crippen LogP) is 16.2. The summed E-state index contributed by atoms with van der Waals surface area (Å²) in [6.45, 7) is 0. The maximum Gasteiger partial charge on any atom is 0.0714 e. The first kappa shape index (κ1) is 37.0. The maximum absolute atomic E-state index is 2.53. The molecule has 0 aromatic heterocycles. The van der Waals surface area contributed by atoms with E-state index in [4.69, 9.17) is 0 Å². The summed E-state index contributed by atoms with van der Waals surface area (Å²) in [4.78, 5) is 2.53. The Labute approximate surface area is 364 Å². The second-order valence-electron chi connectivity index (χ2n) is 16.0. The van der Waals surface area contributed by atoms with Crippen LogP contribution in [-0.2, 0) is 5.41 Å². The predicted molar refractivity (Wildman–Crippen MR) is 260 cm³/mol. The minimum atomic E-state index is -0.540. The Morgan fingerprint density at radius 1 is 0.242 bits per heavy atom. The Morgan fingerprint density at radius 3 is 1.24 bits per heavy atom. The molecule has 0 saturated carbocycles. The Bertz CT molecular complexity index is 3100. The average molecular weight is 790 g/mol. The lowest BCUT2D eigenvalue weighted by Crippen LogP contribution is -2.28. The molecule has 0 aliphatic heterocycles. The van der Waals surface area contributed by atoms with Crippen LogP contribution in [0.2, 0.25) is 0 Å². The molecule has 0 radical (unpaired) electrons. The highest BCUT2D eigenvalue weighted by Crippen LogP contribution is 2.60. The highest BCUT2D eigenvalue weighted by molar-refractivity contribution is 6.04. The minimum Gasteiger partial charge on any atom is -0.309 e. The zero-order chi connectivity index (χ0) is 41.3. The Hall–Kier alpha value is -8.00. The standard InChI is InChI=1S/C61H43N/c1-6-22-44(23-7-1)45-40-42-50(43-41-45)62(57-38-20-35-52(47-26-10-3-11-27-47)59(57)53-33-17-16-32-51(53)46-24-8-2-9-25-46)58-39-21-37-56-60(58)54-34-18-19-36-55(54)61(56,48-28-12-4-13-29-48)49-30-14-5-15-31-49/h1-43H. The molecule has 0 saturated heterocycles. The quantitative estimate of drug-likeness (QED) is 0.141. The molecule has 0 unspecified atom stereocenters. The van der Waals surface area contributed by atoms with Crippen molar-refractivity contribution in [3.8, 4) is 55.6 Å². The Kier molecular flexibility index (Phi) is 9.48. The van der Waals surface area contributed by atoms with Crippen LogP contribution in [0.15, 0.2) is 261 Å². The van der Waals surface area contributed by atoms with Crippen LogP contribution in [-0.4, -0.2) is 0 Å². The number of rotatable bonds is 9. The van der Waals surface area contributed by atoms with Gasteiger partial charge in [0.05, 0.1) is 16.8 Å². The first-order valence-electron chi connectivity index (χ1n) is 21.4. The summed E-state index contributed by atoms with van der Waals surface area (Å²) in [6, 6.07) is 95.3. The number of hydrogen-bond donors (Lipinski definition) is 0. The second kappa shape index (κ2) is 15.9. The first-order valence-corrected chi connectivity index (χ1v) is 21.4. The Balaban J connectivity index is 1.25. The van der Waals surface area contributed by atoms with Gasteiger partial charge in [-0.15, -0.1) is 0 Å². The van der Waals surface area contributed by atoms with Crippen molar-refractivity contribution < 1.29 is 0 Å². The van der Waals surface area contributed by atoms with E-state index in [2.05, 4.69) is 266 Å². The average Bonchev–Trinajstić information content (AvgIpc) is 3.67. The molecular formula is C61H43N. The van der Waals surface area contributed by atoms with Gasteiger partial charge >= 0.3 is 0 Å². The lowest BCUT2D eigenvalue weighted by atomic mass is 9.68. The van der Waals surface area contributed by atoms with E-state index in [0.717, 1.165) is 17.1 Å². The van der Waals surface area contributed by atoms with E-state index < -0.39 is 5.41 Å². The molecule has 0 heterocycles. The molecule has 62 heavy (non-hydrogen) atoms. The van der Waals surface area contributed by atoms with E-state index in [1.807, 2.05) is 0 Å². The van der Waals surface area contributed by atoms with Gasteiger partial charge in [-0.2, -0.15) is 0 Å². The third-order valence-corrected chi connectivity index (χ3v) is 12.6. The first-order chi connectivity index (χ1) is 30.8. The summed E-state index contributed by atoms with van der Waals surface area (Å²) in [5.41, 5.74) is 19.7. The molecule has 1 aliphatic carbocycles. The van der Waals surface area contributed by atoms with Crippen molar-refractivity contribution in [2.45, 2.75) is 5.41 Å². The number of hydrogen-bond acceptors (Lipinski definition) is 1. The molecule has 0 amide bonds. The van der Waals surface area contributed by atoms with E-state index in [1.54, 1.807) is 0 Å². The van der Waals surface area contributed by atoms with E-state index in [1.165, 1.54) is 77.9 Å². The van der Waals surface area contributed by atoms with Crippen LogP contribution < -0.4 is 4.90 Å². The van der Waals surface area contributed by atoms with Crippen molar-refractivity contribution in [2.24, 2.45) is 0 Å². The lowest BCUT2D eigenvalue weighted by molar-refractivity contribution is 0.768. The van der Waals surface area contributed by atoms with E-state index >= 15 is 0 Å². The number of fused-ring (bicyclic) bond motifs is 3. The fraction of sp³-hybridized carbons (Fsp3) is 0.0164. The summed E-state index contributed by atoms with van der Waals surface area (Å²) in [6.07, 6.45) is 0. The number of nitrogens with zero attached hydrogens (tertiary/aromatic N) is 1. The van der Waals surface area contributed by atoms with Gasteiger partial charge in [0, 0.05) is 16.8 Å². The van der Waals surface area contributed by atoms with E-state index in [-0.39, 0.29) is 0 Å². The van der Waals surface area contributed by atoms with Crippen molar-refractivity contribution in [3.63, 3.8) is 0 Å². The highest BCUT2D eigenvalue weighted by Gasteiger charge is 2.47. The summed E-state index contributed by atoms with van der Waals surface area (Å²) in [7, 11) is 0. The van der Waals surface area contributed by atoms with Gasteiger partial charge in [-0.05, 0) is 91.0 Å². The van der Waals surface area contributed by atoms with Crippen LogP contribution >= 0.6 is 0 Å². The fourth-order valence-electron chi connectivity index (χ4n) is 9.94.